The van der Waals surface area contributed by atoms with E-state index in [-0.39, 0.29) is 35.0 Å². The van der Waals surface area contributed by atoms with Crippen LogP contribution in [0.2, 0.25) is 0 Å². The lowest BCUT2D eigenvalue weighted by Gasteiger charge is -2.27. The number of hydrogen-bond donors (Lipinski definition) is 1. The lowest BCUT2D eigenvalue weighted by Crippen LogP contribution is -2.29. The molecular formula is C23H24FNO5S. The van der Waals surface area contributed by atoms with Crippen molar-refractivity contribution in [2.45, 2.75) is 39.7 Å². The van der Waals surface area contributed by atoms with Gasteiger partial charge in [-0.05, 0) is 63.1 Å². The first kappa shape index (κ1) is 22.8. The predicted molar refractivity (Wildman–Crippen MR) is 116 cm³/mol. The molecule has 0 aliphatic carbocycles. The summed E-state index contributed by atoms with van der Waals surface area (Å²) in [4.78, 5) is 38.3. The first-order valence-electron chi connectivity index (χ1n) is 9.73. The first-order chi connectivity index (χ1) is 14.5. The third-order valence-corrected chi connectivity index (χ3v) is 6.26. The van der Waals surface area contributed by atoms with Crippen molar-refractivity contribution in [3.05, 3.63) is 64.5 Å². The van der Waals surface area contributed by atoms with Crippen molar-refractivity contribution in [2.24, 2.45) is 5.41 Å². The molecule has 0 aromatic heterocycles. The molecule has 1 aliphatic rings. The van der Waals surface area contributed by atoms with E-state index < -0.39 is 17.4 Å². The van der Waals surface area contributed by atoms with E-state index in [9.17, 15) is 23.9 Å². The van der Waals surface area contributed by atoms with Crippen LogP contribution in [0.5, 0.6) is 0 Å². The SMILES string of the molecule is Cc1c(N2C(=O)CSC2c2ccc(F)cc2)ccc(C(=O)O)c1COC(=O)C(C)(C)C. The highest BCUT2D eigenvalue weighted by atomic mass is 32.2. The van der Waals surface area contributed by atoms with Crippen LogP contribution in [-0.2, 0) is 20.9 Å². The summed E-state index contributed by atoms with van der Waals surface area (Å²) in [6.07, 6.45) is 0. The molecule has 2 aromatic rings. The van der Waals surface area contributed by atoms with E-state index in [1.807, 2.05) is 0 Å². The van der Waals surface area contributed by atoms with E-state index in [2.05, 4.69) is 0 Å². The third kappa shape index (κ3) is 4.74. The molecule has 6 nitrogen and oxygen atoms in total. The molecule has 1 aliphatic heterocycles. The maximum atomic E-state index is 13.4. The van der Waals surface area contributed by atoms with Gasteiger partial charge in [0.25, 0.3) is 0 Å². The molecule has 1 N–H and O–H groups in total. The Labute approximate surface area is 184 Å². The number of ether oxygens (including phenoxy) is 1. The van der Waals surface area contributed by atoms with Gasteiger partial charge in [-0.15, -0.1) is 11.8 Å². The fourth-order valence-corrected chi connectivity index (χ4v) is 4.47. The van der Waals surface area contributed by atoms with Crippen LogP contribution in [0.25, 0.3) is 0 Å². The minimum absolute atomic E-state index is 0.0144. The summed E-state index contributed by atoms with van der Waals surface area (Å²) < 4.78 is 18.7. The van der Waals surface area contributed by atoms with E-state index in [0.29, 0.717) is 16.8 Å². The Bertz CT molecular complexity index is 1030. The maximum Gasteiger partial charge on any atom is 0.336 e. The number of carboxylic acid groups (broad SMARTS) is 1. The van der Waals surface area contributed by atoms with Gasteiger partial charge in [0, 0.05) is 11.3 Å². The minimum Gasteiger partial charge on any atom is -0.478 e. The predicted octanol–water partition coefficient (Wildman–Crippen LogP) is 4.70. The molecule has 1 amide bonds. The minimum atomic E-state index is -1.14. The van der Waals surface area contributed by atoms with Crippen molar-refractivity contribution >= 4 is 35.3 Å². The average Bonchev–Trinajstić information content (AvgIpc) is 3.07. The molecule has 1 atom stereocenters. The number of thioether (sulfide) groups is 1. The Morgan fingerprint density at radius 2 is 1.84 bits per heavy atom. The zero-order chi connectivity index (χ0) is 22.9. The molecule has 8 heteroatoms. The molecular weight excluding hydrogens is 421 g/mol. The van der Waals surface area contributed by atoms with Gasteiger partial charge in [0.15, 0.2) is 0 Å². The van der Waals surface area contributed by atoms with Crippen molar-refractivity contribution < 1.29 is 28.6 Å². The van der Waals surface area contributed by atoms with Gasteiger partial charge in [-0.3, -0.25) is 14.5 Å². The highest BCUT2D eigenvalue weighted by molar-refractivity contribution is 8.00. The van der Waals surface area contributed by atoms with Crippen molar-refractivity contribution in [1.29, 1.82) is 0 Å². The number of anilines is 1. The van der Waals surface area contributed by atoms with Gasteiger partial charge in [-0.25, -0.2) is 9.18 Å². The molecule has 31 heavy (non-hydrogen) atoms. The number of carboxylic acids is 1. The lowest BCUT2D eigenvalue weighted by atomic mass is 9.97. The van der Waals surface area contributed by atoms with Gasteiger partial charge in [0.05, 0.1) is 16.7 Å². The summed E-state index contributed by atoms with van der Waals surface area (Å²) in [5, 5.41) is 9.25. The summed E-state index contributed by atoms with van der Waals surface area (Å²) in [5.74, 6) is -1.85. The molecule has 1 unspecified atom stereocenters. The Hall–Kier alpha value is -2.87. The smallest absolute Gasteiger partial charge is 0.336 e. The number of esters is 1. The van der Waals surface area contributed by atoms with Crippen LogP contribution in [0.1, 0.15) is 53.2 Å². The molecule has 1 saturated heterocycles. The largest absolute Gasteiger partial charge is 0.478 e. The number of hydrogen-bond acceptors (Lipinski definition) is 5. The Morgan fingerprint density at radius 3 is 2.42 bits per heavy atom. The van der Waals surface area contributed by atoms with E-state index in [1.165, 1.54) is 30.0 Å². The monoisotopic (exact) mass is 445 g/mol. The number of carbonyl (C=O) groups is 3. The van der Waals surface area contributed by atoms with Crippen LogP contribution in [0.3, 0.4) is 0 Å². The second-order valence-electron chi connectivity index (χ2n) is 8.35. The maximum absolute atomic E-state index is 13.4. The number of aromatic carboxylic acids is 1. The standard InChI is InChI=1S/C23H24FNO5S/c1-13-17(11-30-22(29)23(2,3)4)16(21(27)28)9-10-18(13)25-19(26)12-31-20(25)14-5-7-15(24)8-6-14/h5-10,20H,11-12H2,1-4H3,(H,27,28). The zero-order valence-electron chi connectivity index (χ0n) is 17.8. The molecule has 3 rings (SSSR count). The van der Waals surface area contributed by atoms with Crippen LogP contribution in [-0.4, -0.2) is 28.7 Å². The Morgan fingerprint density at radius 1 is 1.19 bits per heavy atom. The summed E-state index contributed by atoms with van der Waals surface area (Å²) in [6.45, 7) is 6.63. The van der Waals surface area contributed by atoms with Gasteiger partial charge in [-0.2, -0.15) is 0 Å². The molecule has 0 spiro atoms. The number of benzene rings is 2. The van der Waals surface area contributed by atoms with Crippen LogP contribution in [0, 0.1) is 18.2 Å². The summed E-state index contributed by atoms with van der Waals surface area (Å²) in [5.41, 5.74) is 1.47. The summed E-state index contributed by atoms with van der Waals surface area (Å²) >= 11 is 1.41. The number of rotatable bonds is 5. The molecule has 164 valence electrons. The van der Waals surface area contributed by atoms with Crippen molar-refractivity contribution in [1.82, 2.24) is 0 Å². The quantitative estimate of drug-likeness (QED) is 0.672. The average molecular weight is 446 g/mol. The lowest BCUT2D eigenvalue weighted by molar-refractivity contribution is -0.154. The van der Waals surface area contributed by atoms with Gasteiger partial charge < -0.3 is 9.84 Å². The highest BCUT2D eigenvalue weighted by Gasteiger charge is 2.36. The number of halogens is 1. The second kappa shape index (κ2) is 8.70. The normalized spacial score (nSPS) is 16.5. The summed E-state index contributed by atoms with van der Waals surface area (Å²) in [7, 11) is 0. The van der Waals surface area contributed by atoms with E-state index in [0.717, 1.165) is 5.56 Å². The second-order valence-corrected chi connectivity index (χ2v) is 9.41. The molecule has 0 saturated carbocycles. The number of carbonyl (C=O) groups excluding carboxylic acids is 2. The van der Waals surface area contributed by atoms with Gasteiger partial charge in [0.1, 0.15) is 17.8 Å². The molecule has 1 heterocycles. The van der Waals surface area contributed by atoms with Crippen molar-refractivity contribution in [3.8, 4) is 0 Å². The fraction of sp³-hybridized carbons (Fsp3) is 0.348. The Kier molecular flexibility index (Phi) is 6.40. The van der Waals surface area contributed by atoms with Crippen LogP contribution in [0.4, 0.5) is 10.1 Å². The van der Waals surface area contributed by atoms with Crippen LogP contribution >= 0.6 is 11.8 Å². The number of nitrogens with zero attached hydrogens (tertiary/aromatic N) is 1. The van der Waals surface area contributed by atoms with Crippen LogP contribution < -0.4 is 4.90 Å². The molecule has 0 bridgehead atoms. The van der Waals surface area contributed by atoms with Gasteiger partial charge in [-0.1, -0.05) is 12.1 Å². The van der Waals surface area contributed by atoms with Crippen LogP contribution in [0.15, 0.2) is 36.4 Å². The molecule has 0 radical (unpaired) electrons. The van der Waals surface area contributed by atoms with E-state index in [4.69, 9.17) is 4.74 Å². The molecule has 2 aromatic carbocycles. The summed E-state index contributed by atoms with van der Waals surface area (Å²) in [6, 6.07) is 8.96. The van der Waals surface area contributed by atoms with E-state index >= 15 is 0 Å². The van der Waals surface area contributed by atoms with Gasteiger partial charge in [0.2, 0.25) is 5.91 Å². The van der Waals surface area contributed by atoms with Crippen molar-refractivity contribution in [2.75, 3.05) is 10.7 Å². The zero-order valence-corrected chi connectivity index (χ0v) is 18.6. The topological polar surface area (TPSA) is 83.9 Å². The third-order valence-electron chi connectivity index (χ3n) is 5.04. The highest BCUT2D eigenvalue weighted by Crippen LogP contribution is 2.43. The van der Waals surface area contributed by atoms with E-state index in [1.54, 1.807) is 50.8 Å². The van der Waals surface area contributed by atoms with Gasteiger partial charge >= 0.3 is 11.9 Å². The fourth-order valence-electron chi connectivity index (χ4n) is 3.30. The number of amides is 1. The van der Waals surface area contributed by atoms with Crippen molar-refractivity contribution in [3.63, 3.8) is 0 Å². The first-order valence-corrected chi connectivity index (χ1v) is 10.8. The molecule has 1 fully saturated rings. The Balaban J connectivity index is 2.02.